The number of rotatable bonds is 4. The summed E-state index contributed by atoms with van der Waals surface area (Å²) in [5.74, 6) is 0.875. The molecule has 0 saturated carbocycles. The summed E-state index contributed by atoms with van der Waals surface area (Å²) in [5, 5.41) is 0. The van der Waals surface area contributed by atoms with Gasteiger partial charge in [-0.1, -0.05) is 12.1 Å². The Morgan fingerprint density at radius 2 is 2.05 bits per heavy atom. The largest absolute Gasteiger partial charge is 0.497 e. The van der Waals surface area contributed by atoms with Gasteiger partial charge in [0.15, 0.2) is 0 Å². The van der Waals surface area contributed by atoms with Crippen molar-refractivity contribution >= 4 is 0 Å². The smallest absolute Gasteiger partial charge is 0.118 e. The molecule has 2 rings (SSSR count). The molecule has 0 aromatic heterocycles. The zero-order valence-electron chi connectivity index (χ0n) is 12.9. The highest BCUT2D eigenvalue weighted by Crippen LogP contribution is 2.29. The van der Waals surface area contributed by atoms with Gasteiger partial charge in [-0.3, -0.25) is 4.90 Å². The molecule has 0 bridgehead atoms. The van der Waals surface area contributed by atoms with Crippen molar-refractivity contribution in [3.63, 3.8) is 0 Å². The van der Waals surface area contributed by atoms with E-state index in [9.17, 15) is 0 Å². The lowest BCUT2D eigenvalue weighted by Gasteiger charge is -2.45. The third kappa shape index (κ3) is 3.51. The van der Waals surface area contributed by atoms with Gasteiger partial charge in [-0.15, -0.1) is 0 Å². The van der Waals surface area contributed by atoms with E-state index in [1.54, 1.807) is 7.11 Å². The van der Waals surface area contributed by atoms with Crippen LogP contribution in [0.1, 0.15) is 32.4 Å². The maximum atomic E-state index is 6.03. The van der Waals surface area contributed by atoms with Crippen LogP contribution in [0.3, 0.4) is 0 Å². The van der Waals surface area contributed by atoms with Gasteiger partial charge in [0.2, 0.25) is 0 Å². The zero-order valence-corrected chi connectivity index (χ0v) is 12.9. The lowest BCUT2D eigenvalue weighted by Crippen LogP contribution is -2.53. The SMILES string of the molecule is COc1ccc(C(CN)N2CC(C)OC(C)(C)C2)cc1. The summed E-state index contributed by atoms with van der Waals surface area (Å²) in [6.07, 6.45) is 0.228. The number of ether oxygens (including phenoxy) is 2. The molecule has 2 N–H and O–H groups in total. The Hall–Kier alpha value is -1.10. The lowest BCUT2D eigenvalue weighted by molar-refractivity contribution is -0.137. The Labute approximate surface area is 121 Å². The van der Waals surface area contributed by atoms with Gasteiger partial charge >= 0.3 is 0 Å². The predicted octanol–water partition coefficient (Wildman–Crippen LogP) is 2.19. The monoisotopic (exact) mass is 278 g/mol. The number of nitrogens with zero attached hydrogens (tertiary/aromatic N) is 1. The molecule has 1 aliphatic rings. The van der Waals surface area contributed by atoms with E-state index in [-0.39, 0.29) is 17.7 Å². The molecule has 112 valence electrons. The maximum Gasteiger partial charge on any atom is 0.118 e. The summed E-state index contributed by atoms with van der Waals surface area (Å²) in [5.41, 5.74) is 7.13. The Kier molecular flexibility index (Phi) is 4.68. The van der Waals surface area contributed by atoms with E-state index in [1.165, 1.54) is 5.56 Å². The van der Waals surface area contributed by atoms with E-state index >= 15 is 0 Å². The Bertz CT molecular complexity index is 431. The zero-order chi connectivity index (χ0) is 14.8. The van der Waals surface area contributed by atoms with Gasteiger partial charge in [0, 0.05) is 25.7 Å². The molecule has 0 amide bonds. The average Bonchev–Trinajstić information content (AvgIpc) is 2.38. The number of nitrogens with two attached hydrogens (primary N) is 1. The predicted molar refractivity (Wildman–Crippen MR) is 81.0 cm³/mol. The van der Waals surface area contributed by atoms with E-state index in [2.05, 4.69) is 37.8 Å². The van der Waals surface area contributed by atoms with Gasteiger partial charge in [0.1, 0.15) is 5.75 Å². The van der Waals surface area contributed by atoms with E-state index < -0.39 is 0 Å². The van der Waals surface area contributed by atoms with Crippen LogP contribution in [0.15, 0.2) is 24.3 Å². The molecule has 0 spiro atoms. The number of benzene rings is 1. The minimum atomic E-state index is -0.127. The van der Waals surface area contributed by atoms with Crippen molar-refractivity contribution in [2.45, 2.75) is 38.5 Å². The van der Waals surface area contributed by atoms with Crippen molar-refractivity contribution in [1.29, 1.82) is 0 Å². The van der Waals surface area contributed by atoms with Crippen LogP contribution in [0, 0.1) is 0 Å². The summed E-state index contributed by atoms with van der Waals surface area (Å²) in [7, 11) is 1.68. The van der Waals surface area contributed by atoms with Crippen LogP contribution in [0.2, 0.25) is 0 Å². The fraction of sp³-hybridized carbons (Fsp3) is 0.625. The second-order valence-electron chi connectivity index (χ2n) is 6.14. The molecular formula is C16H26N2O2. The molecule has 1 fully saturated rings. The maximum absolute atomic E-state index is 6.03. The quantitative estimate of drug-likeness (QED) is 0.917. The summed E-state index contributed by atoms with van der Waals surface area (Å²) in [6.45, 7) is 8.81. The highest BCUT2D eigenvalue weighted by molar-refractivity contribution is 5.29. The molecule has 0 radical (unpaired) electrons. The van der Waals surface area contributed by atoms with Gasteiger partial charge in [-0.05, 0) is 38.5 Å². The molecule has 20 heavy (non-hydrogen) atoms. The van der Waals surface area contributed by atoms with Crippen LogP contribution in [0.25, 0.3) is 0 Å². The van der Waals surface area contributed by atoms with Crippen molar-refractivity contribution in [2.24, 2.45) is 5.73 Å². The molecule has 2 unspecified atom stereocenters. The molecule has 4 nitrogen and oxygen atoms in total. The molecule has 0 aliphatic carbocycles. The first-order valence-corrected chi connectivity index (χ1v) is 7.21. The first-order valence-electron chi connectivity index (χ1n) is 7.21. The highest BCUT2D eigenvalue weighted by atomic mass is 16.5. The highest BCUT2D eigenvalue weighted by Gasteiger charge is 2.34. The minimum absolute atomic E-state index is 0.127. The number of hydrogen-bond acceptors (Lipinski definition) is 4. The van der Waals surface area contributed by atoms with Crippen molar-refractivity contribution in [1.82, 2.24) is 4.90 Å². The minimum Gasteiger partial charge on any atom is -0.497 e. The standard InChI is InChI=1S/C16H26N2O2/c1-12-10-18(11-16(2,3)20-12)15(9-17)13-5-7-14(19-4)8-6-13/h5-8,12,15H,9-11,17H2,1-4H3. The number of methoxy groups -OCH3 is 1. The van der Waals surface area contributed by atoms with Gasteiger partial charge < -0.3 is 15.2 Å². The second kappa shape index (κ2) is 6.12. The van der Waals surface area contributed by atoms with Crippen LogP contribution in [0.5, 0.6) is 5.75 Å². The van der Waals surface area contributed by atoms with Crippen LogP contribution in [0.4, 0.5) is 0 Å². The van der Waals surface area contributed by atoms with E-state index in [0.29, 0.717) is 6.54 Å². The number of hydrogen-bond donors (Lipinski definition) is 1. The number of morpholine rings is 1. The van der Waals surface area contributed by atoms with Crippen molar-refractivity contribution < 1.29 is 9.47 Å². The molecule has 1 aliphatic heterocycles. The van der Waals surface area contributed by atoms with E-state index in [4.69, 9.17) is 15.2 Å². The molecule has 1 saturated heterocycles. The summed E-state index contributed by atoms with van der Waals surface area (Å²) >= 11 is 0. The molecule has 1 heterocycles. The first-order chi connectivity index (χ1) is 9.45. The van der Waals surface area contributed by atoms with Crippen molar-refractivity contribution in [3.8, 4) is 5.75 Å². The second-order valence-corrected chi connectivity index (χ2v) is 6.14. The van der Waals surface area contributed by atoms with Crippen LogP contribution in [-0.4, -0.2) is 43.3 Å². The van der Waals surface area contributed by atoms with Crippen LogP contribution < -0.4 is 10.5 Å². The Morgan fingerprint density at radius 3 is 2.55 bits per heavy atom. The van der Waals surface area contributed by atoms with E-state index in [0.717, 1.165) is 18.8 Å². The van der Waals surface area contributed by atoms with E-state index in [1.807, 2.05) is 12.1 Å². The van der Waals surface area contributed by atoms with Crippen LogP contribution >= 0.6 is 0 Å². The normalized spacial score (nSPS) is 24.4. The molecular weight excluding hydrogens is 252 g/mol. The molecule has 1 aromatic carbocycles. The Morgan fingerprint density at radius 1 is 1.40 bits per heavy atom. The van der Waals surface area contributed by atoms with Crippen LogP contribution in [-0.2, 0) is 4.74 Å². The summed E-state index contributed by atoms with van der Waals surface area (Å²) in [4.78, 5) is 2.43. The molecule has 4 heteroatoms. The first kappa shape index (κ1) is 15.3. The summed E-state index contributed by atoms with van der Waals surface area (Å²) < 4.78 is 11.2. The van der Waals surface area contributed by atoms with Crippen molar-refractivity contribution in [3.05, 3.63) is 29.8 Å². The third-order valence-corrected chi connectivity index (χ3v) is 3.76. The third-order valence-electron chi connectivity index (χ3n) is 3.76. The van der Waals surface area contributed by atoms with Gasteiger partial charge in [0.25, 0.3) is 0 Å². The lowest BCUT2D eigenvalue weighted by atomic mass is 9.99. The molecule has 2 atom stereocenters. The van der Waals surface area contributed by atoms with Gasteiger partial charge in [0.05, 0.1) is 18.8 Å². The van der Waals surface area contributed by atoms with Crippen molar-refractivity contribution in [2.75, 3.05) is 26.7 Å². The fourth-order valence-corrected chi connectivity index (χ4v) is 3.06. The average molecular weight is 278 g/mol. The topological polar surface area (TPSA) is 47.7 Å². The van der Waals surface area contributed by atoms with Gasteiger partial charge in [-0.2, -0.15) is 0 Å². The van der Waals surface area contributed by atoms with Gasteiger partial charge in [-0.25, -0.2) is 0 Å². The molecule has 1 aromatic rings. The summed E-state index contributed by atoms with van der Waals surface area (Å²) in [6, 6.07) is 8.42. The Balaban J connectivity index is 2.18. The fourth-order valence-electron chi connectivity index (χ4n) is 3.06.